The molecule has 0 fully saturated rings. The summed E-state index contributed by atoms with van der Waals surface area (Å²) in [6, 6.07) is 0. The van der Waals surface area contributed by atoms with E-state index in [0.717, 1.165) is 41.7 Å². The molecule has 0 N–H and O–H groups in total. The zero-order valence-corrected chi connectivity index (χ0v) is 18.7. The largest absolute Gasteiger partial charge is 0.383 e. The van der Waals surface area contributed by atoms with E-state index in [1.54, 1.807) is 23.0 Å². The number of nitrogens with zero attached hydrogens (tertiary/aromatic N) is 4. The summed E-state index contributed by atoms with van der Waals surface area (Å²) in [4.78, 5) is 24.8. The van der Waals surface area contributed by atoms with Crippen molar-refractivity contribution < 1.29 is 9.26 Å². The van der Waals surface area contributed by atoms with E-state index >= 15 is 0 Å². The number of hydrogen-bond donors (Lipinski definition) is 0. The van der Waals surface area contributed by atoms with Crippen molar-refractivity contribution in [1.29, 1.82) is 0 Å². The number of rotatable bonds is 8. The number of aromatic nitrogens is 4. The molecular weight excluding hydrogens is 408 g/mol. The van der Waals surface area contributed by atoms with Gasteiger partial charge in [0.25, 0.3) is 5.56 Å². The smallest absolute Gasteiger partial charge is 0.263 e. The summed E-state index contributed by atoms with van der Waals surface area (Å²) in [7, 11) is 1.64. The Morgan fingerprint density at radius 2 is 2.10 bits per heavy atom. The van der Waals surface area contributed by atoms with Gasteiger partial charge in [0.05, 0.1) is 24.3 Å². The van der Waals surface area contributed by atoms with Crippen LogP contribution < -0.4 is 5.56 Å². The maximum absolute atomic E-state index is 13.3. The Balaban J connectivity index is 1.65. The number of fused-ring (bicyclic) bond motifs is 3. The zero-order valence-electron chi connectivity index (χ0n) is 17.1. The molecule has 3 aromatic heterocycles. The van der Waals surface area contributed by atoms with Crippen LogP contribution in [0.3, 0.4) is 0 Å². The van der Waals surface area contributed by atoms with E-state index in [9.17, 15) is 4.79 Å². The SMILES string of the molecule is COCCn1c(SCc2nc(CC(C)C)no2)nc2sc3c(c2c1=O)CCCC3. The fourth-order valence-electron chi connectivity index (χ4n) is 3.63. The summed E-state index contributed by atoms with van der Waals surface area (Å²) >= 11 is 3.14. The molecule has 0 saturated heterocycles. The molecule has 0 aromatic carbocycles. The third kappa shape index (κ3) is 4.41. The summed E-state index contributed by atoms with van der Waals surface area (Å²) in [6.07, 6.45) is 5.15. The molecule has 156 valence electrons. The van der Waals surface area contributed by atoms with Gasteiger partial charge in [-0.05, 0) is 37.2 Å². The first-order chi connectivity index (χ1) is 14.1. The summed E-state index contributed by atoms with van der Waals surface area (Å²) in [5, 5.41) is 5.54. The first-order valence-corrected chi connectivity index (χ1v) is 11.8. The van der Waals surface area contributed by atoms with Gasteiger partial charge < -0.3 is 9.26 Å². The quantitative estimate of drug-likeness (QED) is 0.393. The highest BCUT2D eigenvalue weighted by Crippen LogP contribution is 2.35. The van der Waals surface area contributed by atoms with Crippen molar-refractivity contribution in [2.75, 3.05) is 13.7 Å². The number of aryl methyl sites for hydroxylation is 2. The van der Waals surface area contributed by atoms with E-state index in [2.05, 4.69) is 24.0 Å². The monoisotopic (exact) mass is 434 g/mol. The average molecular weight is 435 g/mol. The molecule has 29 heavy (non-hydrogen) atoms. The first-order valence-electron chi connectivity index (χ1n) is 10.0. The topological polar surface area (TPSA) is 83.0 Å². The fourth-order valence-corrected chi connectivity index (χ4v) is 5.80. The molecule has 0 atom stereocenters. The lowest BCUT2D eigenvalue weighted by molar-refractivity contribution is 0.183. The molecule has 0 saturated carbocycles. The summed E-state index contributed by atoms with van der Waals surface area (Å²) in [5.41, 5.74) is 1.26. The number of hydrogen-bond acceptors (Lipinski definition) is 8. The Hall–Kier alpha value is -1.71. The summed E-state index contributed by atoms with van der Waals surface area (Å²) < 4.78 is 12.3. The fraction of sp³-hybridized carbons (Fsp3) is 0.600. The van der Waals surface area contributed by atoms with Gasteiger partial charge in [0.1, 0.15) is 4.83 Å². The summed E-state index contributed by atoms with van der Waals surface area (Å²) in [5.74, 6) is 2.24. The third-order valence-corrected chi connectivity index (χ3v) is 7.13. The predicted molar refractivity (Wildman–Crippen MR) is 115 cm³/mol. The minimum Gasteiger partial charge on any atom is -0.383 e. The molecule has 0 amide bonds. The van der Waals surface area contributed by atoms with Crippen molar-refractivity contribution in [3.63, 3.8) is 0 Å². The molecule has 0 spiro atoms. The zero-order chi connectivity index (χ0) is 20.4. The Morgan fingerprint density at radius 1 is 1.28 bits per heavy atom. The van der Waals surface area contributed by atoms with Gasteiger partial charge in [0.15, 0.2) is 11.0 Å². The van der Waals surface area contributed by atoms with E-state index in [1.165, 1.54) is 28.6 Å². The van der Waals surface area contributed by atoms with Crippen LogP contribution in [0.25, 0.3) is 10.2 Å². The van der Waals surface area contributed by atoms with Gasteiger partial charge in [-0.2, -0.15) is 4.98 Å². The highest BCUT2D eigenvalue weighted by Gasteiger charge is 2.22. The van der Waals surface area contributed by atoms with Crippen LogP contribution in [0, 0.1) is 5.92 Å². The Morgan fingerprint density at radius 3 is 2.90 bits per heavy atom. The first kappa shape index (κ1) is 20.6. The minimum atomic E-state index is 0.0416. The lowest BCUT2D eigenvalue weighted by Crippen LogP contribution is -2.25. The van der Waals surface area contributed by atoms with Gasteiger partial charge in [-0.3, -0.25) is 9.36 Å². The van der Waals surface area contributed by atoms with Crippen LogP contribution in [0.15, 0.2) is 14.5 Å². The van der Waals surface area contributed by atoms with Crippen LogP contribution in [0.2, 0.25) is 0 Å². The number of thioether (sulfide) groups is 1. The van der Waals surface area contributed by atoms with Crippen LogP contribution in [0.1, 0.15) is 48.8 Å². The summed E-state index contributed by atoms with van der Waals surface area (Å²) in [6.45, 7) is 5.19. The Kier molecular flexibility index (Phi) is 6.36. The normalized spacial score (nSPS) is 14.1. The molecule has 3 heterocycles. The molecule has 0 bridgehead atoms. The lowest BCUT2D eigenvalue weighted by atomic mass is 9.97. The van der Waals surface area contributed by atoms with E-state index in [4.69, 9.17) is 14.2 Å². The molecule has 3 aromatic rings. The van der Waals surface area contributed by atoms with Crippen molar-refractivity contribution in [1.82, 2.24) is 19.7 Å². The van der Waals surface area contributed by atoms with E-state index in [0.29, 0.717) is 35.9 Å². The van der Waals surface area contributed by atoms with Crippen molar-refractivity contribution >= 4 is 33.3 Å². The molecule has 4 rings (SSSR count). The predicted octanol–water partition coefficient (Wildman–Crippen LogP) is 3.86. The highest BCUT2D eigenvalue weighted by atomic mass is 32.2. The van der Waals surface area contributed by atoms with Crippen molar-refractivity contribution in [2.45, 2.75) is 63.4 Å². The number of thiophene rings is 1. The minimum absolute atomic E-state index is 0.0416. The Bertz CT molecular complexity index is 1050. The van der Waals surface area contributed by atoms with E-state index in [-0.39, 0.29) is 5.56 Å². The molecule has 9 heteroatoms. The molecule has 0 aliphatic heterocycles. The Labute approximate surface area is 177 Å². The molecular formula is C20H26N4O3S2. The van der Waals surface area contributed by atoms with Crippen LogP contribution >= 0.6 is 23.1 Å². The van der Waals surface area contributed by atoms with Crippen molar-refractivity contribution in [3.05, 3.63) is 32.5 Å². The van der Waals surface area contributed by atoms with Gasteiger partial charge >= 0.3 is 0 Å². The second-order valence-electron chi connectivity index (χ2n) is 7.73. The maximum Gasteiger partial charge on any atom is 0.263 e. The van der Waals surface area contributed by atoms with Crippen molar-refractivity contribution in [3.8, 4) is 0 Å². The van der Waals surface area contributed by atoms with E-state index in [1.807, 2.05) is 0 Å². The molecule has 1 aliphatic rings. The van der Waals surface area contributed by atoms with Gasteiger partial charge in [0.2, 0.25) is 5.89 Å². The molecule has 7 nitrogen and oxygen atoms in total. The van der Waals surface area contributed by atoms with Gasteiger partial charge in [-0.1, -0.05) is 30.8 Å². The van der Waals surface area contributed by atoms with Gasteiger partial charge in [0, 0.05) is 18.4 Å². The van der Waals surface area contributed by atoms with Crippen molar-refractivity contribution in [2.24, 2.45) is 5.92 Å². The highest BCUT2D eigenvalue weighted by molar-refractivity contribution is 7.98. The third-order valence-electron chi connectivity index (χ3n) is 4.98. The standard InChI is InChI=1S/C20H26N4O3S2/c1-12(2)10-15-21-16(27-23-15)11-28-20-22-18-17(19(25)24(20)8-9-26-3)13-6-4-5-7-14(13)29-18/h12H,4-11H2,1-3H3. The maximum atomic E-state index is 13.3. The second-order valence-corrected chi connectivity index (χ2v) is 9.75. The molecule has 0 unspecified atom stereocenters. The lowest BCUT2D eigenvalue weighted by Gasteiger charge is -2.12. The number of methoxy groups -OCH3 is 1. The van der Waals surface area contributed by atoms with Crippen LogP contribution in [0.4, 0.5) is 0 Å². The number of ether oxygens (including phenoxy) is 1. The average Bonchev–Trinajstić information content (AvgIpc) is 3.29. The van der Waals surface area contributed by atoms with Gasteiger partial charge in [-0.25, -0.2) is 4.98 Å². The molecule has 0 radical (unpaired) electrons. The molecule has 1 aliphatic carbocycles. The van der Waals surface area contributed by atoms with Gasteiger partial charge in [-0.15, -0.1) is 11.3 Å². The second kappa shape index (κ2) is 8.97. The van der Waals surface area contributed by atoms with Crippen LogP contribution in [0.5, 0.6) is 0 Å². The van der Waals surface area contributed by atoms with Crippen LogP contribution in [-0.4, -0.2) is 33.4 Å². The van der Waals surface area contributed by atoms with Crippen LogP contribution in [-0.2, 0) is 36.3 Å². The van der Waals surface area contributed by atoms with E-state index < -0.39 is 0 Å².